The zero-order chi connectivity index (χ0) is 51.1. The molecule has 8 atom stereocenters. The second kappa shape index (κ2) is 22.0. The molecule has 2 aliphatic rings. The summed E-state index contributed by atoms with van der Waals surface area (Å²) in [6.07, 6.45) is -41.2. The van der Waals surface area contributed by atoms with Crippen molar-refractivity contribution in [3.63, 3.8) is 0 Å². The molecule has 2 saturated carbocycles. The Balaban J connectivity index is 3.10. The van der Waals surface area contributed by atoms with Gasteiger partial charge >= 0.3 is 78.2 Å². The molecule has 0 aromatic rings. The molecule has 0 saturated heterocycles. The normalized spacial score (nSPS) is 31.0. The molecule has 0 radical (unpaired) electrons. The second-order valence-electron chi connectivity index (χ2n) is 12.0. The van der Waals surface area contributed by atoms with Crippen LogP contribution in [0, 0.1) is 0 Å². The van der Waals surface area contributed by atoms with E-state index < -0.39 is 158 Å². The van der Waals surface area contributed by atoms with Crippen LogP contribution in [-0.4, -0.2) is 178 Å². The lowest BCUT2D eigenvalue weighted by molar-refractivity contribution is -0.268. The Kier molecular flexibility index (Phi) is 21.0. The summed E-state index contributed by atoms with van der Waals surface area (Å²) in [4.78, 5) is 192. The molecule has 0 spiro atoms. The van der Waals surface area contributed by atoms with Crippen LogP contribution in [-0.2, 0) is 100 Å². The van der Waals surface area contributed by atoms with E-state index in [1.165, 1.54) is 0 Å². The number of phosphoric ester groups is 10. The maximum atomic E-state index is 12.1. The van der Waals surface area contributed by atoms with E-state index in [2.05, 4.69) is 45.2 Å². The molecule has 388 valence electrons. The van der Waals surface area contributed by atoms with Crippen LogP contribution in [0.1, 0.15) is 0 Å². The highest BCUT2D eigenvalue weighted by Crippen LogP contribution is 2.58. The van der Waals surface area contributed by atoms with Crippen LogP contribution in [0.2, 0.25) is 0 Å². The summed E-state index contributed by atoms with van der Waals surface area (Å²) in [5.41, 5.74) is 0. The van der Waals surface area contributed by atoms with Gasteiger partial charge in [-0.25, -0.2) is 45.7 Å². The van der Waals surface area contributed by atoms with Crippen LogP contribution in [0.4, 0.5) is 0 Å². The van der Waals surface area contributed by atoms with E-state index in [1.807, 2.05) is 0 Å². The Morgan fingerprint density at radius 3 is 0.385 bits per heavy atom. The summed E-state index contributed by atoms with van der Waals surface area (Å²) in [5.74, 6) is 0. The first-order valence-electron chi connectivity index (χ1n) is 15.1. The van der Waals surface area contributed by atoms with Gasteiger partial charge in [-0.2, -0.15) is 0 Å². The second-order valence-corrected chi connectivity index (χ2v) is 23.9. The Hall–Kier alpha value is 1.02. The number of rotatable bonds is 24. The lowest BCUT2D eigenvalue weighted by atomic mass is 9.84. The fourth-order valence-electron chi connectivity index (χ4n) is 5.60. The first kappa shape index (κ1) is 62.1. The maximum Gasteiger partial charge on any atom is 0.470 e. The van der Waals surface area contributed by atoms with Crippen LogP contribution in [0.5, 0.6) is 0 Å². The Bertz CT molecular complexity index is 1850. The molecule has 65 heavy (non-hydrogen) atoms. The zero-order valence-corrected chi connectivity index (χ0v) is 39.0. The van der Waals surface area contributed by atoms with E-state index in [0.29, 0.717) is 0 Å². The van der Waals surface area contributed by atoms with Gasteiger partial charge in [0.05, 0.1) is 0 Å². The lowest BCUT2D eigenvalue weighted by Crippen LogP contribution is -2.67. The quantitative estimate of drug-likeness (QED) is 0.0317. The Morgan fingerprint density at radius 1 is 0.200 bits per heavy atom. The number of hydrogen-bond donors (Lipinski definition) is 20. The zero-order valence-electron chi connectivity index (χ0n) is 30.0. The van der Waals surface area contributed by atoms with Crippen molar-refractivity contribution in [2.45, 2.75) is 73.2 Å². The van der Waals surface area contributed by atoms with Crippen molar-refractivity contribution in [1.29, 1.82) is 0 Å². The summed E-state index contributed by atoms with van der Waals surface area (Å²) < 4.78 is 173. The van der Waals surface area contributed by atoms with Gasteiger partial charge in [0.1, 0.15) is 80.0 Å². The molecule has 42 nitrogen and oxygen atoms in total. The maximum absolute atomic E-state index is 12.1. The molecule has 0 heterocycles. The molecule has 2 aliphatic carbocycles. The Morgan fingerprint density at radius 2 is 0.292 bits per heavy atom. The minimum atomic E-state index is -6.42. The van der Waals surface area contributed by atoms with Crippen LogP contribution in [0.3, 0.4) is 0 Å². The van der Waals surface area contributed by atoms with Gasteiger partial charge in [0.2, 0.25) is 0 Å². The highest BCUT2D eigenvalue weighted by atomic mass is 31.2. The molecule has 0 amide bonds. The molecule has 0 aliphatic heterocycles. The van der Waals surface area contributed by atoms with Crippen molar-refractivity contribution in [3.05, 3.63) is 0 Å². The van der Waals surface area contributed by atoms with Crippen LogP contribution in [0.25, 0.3) is 0 Å². The minimum absolute atomic E-state index is 2.30. The van der Waals surface area contributed by atoms with Crippen molar-refractivity contribution >= 4 is 78.2 Å². The monoisotopic (exact) mass is 1170 g/mol. The summed E-state index contributed by atoms with van der Waals surface area (Å²) in [5, 5.41) is 0. The van der Waals surface area contributed by atoms with Crippen LogP contribution < -0.4 is 0 Å². The van der Waals surface area contributed by atoms with E-state index in [-0.39, 0.29) is 0 Å². The van der Waals surface area contributed by atoms with E-state index in [4.69, 9.17) is 9.47 Å². The summed E-state index contributed by atoms with van der Waals surface area (Å²) >= 11 is 0. The SMILES string of the molecule is O=P(O)(O)OC1C(OCOC2C(OP(=O)(O)O)C(OP(=O)(O)O)C(OP(=O)(O)O)C(OP(=O)(O)O)C2OP(=O)(O)O)C(OP(=O)(O)O)C(OP(=O)(O)O)C(OP(=O)(O)O)C1OP(=O)(O)O. The third-order valence-electron chi connectivity index (χ3n) is 7.00. The number of phosphoric acid groups is 10. The smallest absolute Gasteiger partial charge is 0.346 e. The van der Waals surface area contributed by atoms with Crippen LogP contribution in [0.15, 0.2) is 0 Å². The van der Waals surface area contributed by atoms with Crippen LogP contribution >= 0.6 is 78.2 Å². The van der Waals surface area contributed by atoms with Gasteiger partial charge in [-0.3, -0.25) is 45.2 Å². The molecule has 0 aromatic heterocycles. The van der Waals surface area contributed by atoms with Gasteiger partial charge < -0.3 is 107 Å². The average molecular weight is 1170 g/mol. The topological polar surface area (TPSA) is 686 Å². The highest BCUT2D eigenvalue weighted by molar-refractivity contribution is 7.48. The molecule has 2 fully saturated rings. The molecule has 0 bridgehead atoms. The van der Waals surface area contributed by atoms with E-state index in [1.54, 1.807) is 0 Å². The molecule has 2 rings (SSSR count). The van der Waals surface area contributed by atoms with Gasteiger partial charge in [0, 0.05) is 0 Å². The highest BCUT2D eigenvalue weighted by Gasteiger charge is 2.64. The van der Waals surface area contributed by atoms with Crippen molar-refractivity contribution < 1.29 is 198 Å². The lowest BCUT2D eigenvalue weighted by Gasteiger charge is -2.49. The molecular weight excluding hydrogens is 1140 g/mol. The molecular formula is C13H34O42P10. The van der Waals surface area contributed by atoms with Gasteiger partial charge in [0.25, 0.3) is 0 Å². The van der Waals surface area contributed by atoms with Crippen molar-refractivity contribution in [1.82, 2.24) is 0 Å². The molecule has 8 unspecified atom stereocenters. The third-order valence-corrected chi connectivity index (χ3v) is 12.2. The van der Waals surface area contributed by atoms with Gasteiger partial charge in [-0.1, -0.05) is 0 Å². The molecule has 52 heteroatoms. The Labute approximate surface area is 356 Å². The summed E-state index contributed by atoms with van der Waals surface area (Å²) in [6, 6.07) is 0. The first-order valence-corrected chi connectivity index (χ1v) is 30.4. The van der Waals surface area contributed by atoms with E-state index in [9.17, 15) is 144 Å². The standard InChI is InChI=1S/C13H34O42P10/c14-56(15,16)46-4-2(5(47-57(17,18)19)9(51-61(29,30)31)12(54-64(38,39)40)8(4)50-60(26,27)28)44-1-45-3-6(48-58(20,21)22)10(52-62(32,33)34)13(55-65(41,42)43)11(53-63(35,36)37)7(3)49-59(23,24)25/h2-13H,1H2,(H2,14,15,16)(H2,17,18,19)(H2,20,21,22)(H2,23,24,25)(H2,26,27,28)(H2,29,30,31)(H2,32,33,34)(H2,35,36,37)(H2,38,39,40)(H2,41,42,43). The molecule has 0 aromatic carbocycles. The summed E-state index contributed by atoms with van der Waals surface area (Å²) in [6.45, 7) is -2.30. The van der Waals surface area contributed by atoms with E-state index >= 15 is 0 Å². The minimum Gasteiger partial charge on any atom is -0.346 e. The number of hydrogen-bond acceptors (Lipinski definition) is 22. The predicted octanol–water partition coefficient (Wildman–Crippen LogP) is -5.48. The predicted molar refractivity (Wildman–Crippen MR) is 184 cm³/mol. The third kappa shape index (κ3) is 23.4. The summed E-state index contributed by atoms with van der Waals surface area (Å²) in [7, 11) is -63.9. The van der Waals surface area contributed by atoms with Crippen molar-refractivity contribution in [2.75, 3.05) is 6.79 Å². The fraction of sp³-hybridized carbons (Fsp3) is 1.00. The van der Waals surface area contributed by atoms with E-state index in [0.717, 1.165) is 0 Å². The average Bonchev–Trinajstić information content (AvgIpc) is 2.97. The van der Waals surface area contributed by atoms with Crippen molar-refractivity contribution in [3.8, 4) is 0 Å². The van der Waals surface area contributed by atoms with Crippen molar-refractivity contribution in [2.24, 2.45) is 0 Å². The largest absolute Gasteiger partial charge is 0.470 e. The van der Waals surface area contributed by atoms with Gasteiger partial charge in [0.15, 0.2) is 0 Å². The first-order chi connectivity index (χ1) is 28.4. The van der Waals surface area contributed by atoms with Gasteiger partial charge in [-0.05, 0) is 0 Å². The fourth-order valence-corrected chi connectivity index (χ4v) is 11.2. The van der Waals surface area contributed by atoms with Gasteiger partial charge in [-0.15, -0.1) is 0 Å². The number of ether oxygens (including phenoxy) is 2. The molecule has 20 N–H and O–H groups in total.